The molecule has 0 radical (unpaired) electrons. The van der Waals surface area contributed by atoms with Gasteiger partial charge in [0.2, 0.25) is 0 Å². The highest BCUT2D eigenvalue weighted by Gasteiger charge is 2.41. The number of hydrogen-bond donors (Lipinski definition) is 1. The monoisotopic (exact) mass is 220 g/mol. The van der Waals surface area contributed by atoms with E-state index in [9.17, 15) is 5.11 Å². The number of rotatable bonds is 2. The van der Waals surface area contributed by atoms with E-state index >= 15 is 0 Å². The Bertz CT molecular complexity index is 480. The van der Waals surface area contributed by atoms with Crippen molar-refractivity contribution < 1.29 is 9.84 Å². The van der Waals surface area contributed by atoms with Gasteiger partial charge >= 0.3 is 0 Å². The molecule has 78 valence electrons. The molecule has 0 aliphatic carbocycles. The van der Waals surface area contributed by atoms with E-state index in [0.717, 1.165) is 0 Å². The second-order valence-electron chi connectivity index (χ2n) is 4.08. The summed E-state index contributed by atoms with van der Waals surface area (Å²) < 4.78 is 6.53. The number of benzene rings is 1. The van der Waals surface area contributed by atoms with E-state index in [-0.39, 0.29) is 12.0 Å². The van der Waals surface area contributed by atoms with Gasteiger partial charge < -0.3 is 9.84 Å². The van der Waals surface area contributed by atoms with Gasteiger partial charge in [0.15, 0.2) is 0 Å². The zero-order valence-corrected chi connectivity index (χ0v) is 9.09. The van der Waals surface area contributed by atoms with E-state index in [1.807, 2.05) is 12.1 Å². The summed E-state index contributed by atoms with van der Waals surface area (Å²) in [6.07, 6.45) is 0. The highest BCUT2D eigenvalue weighted by Crippen LogP contribution is 2.39. The van der Waals surface area contributed by atoms with Crippen LogP contribution in [-0.4, -0.2) is 24.9 Å². The van der Waals surface area contributed by atoms with Crippen molar-refractivity contribution in [3.8, 4) is 0 Å². The summed E-state index contributed by atoms with van der Waals surface area (Å²) in [4.78, 5) is 0. The fraction of sp³-hybridized carbons (Fsp3) is 0.333. The summed E-state index contributed by atoms with van der Waals surface area (Å²) in [7, 11) is 0. The van der Waals surface area contributed by atoms with Crippen molar-refractivity contribution >= 4 is 21.4 Å². The smallest absolute Gasteiger partial charge is 0.0665 e. The van der Waals surface area contributed by atoms with E-state index in [1.54, 1.807) is 11.3 Å². The average Bonchev–Trinajstić information content (AvgIpc) is 2.62. The molecule has 1 aliphatic heterocycles. The van der Waals surface area contributed by atoms with E-state index in [4.69, 9.17) is 4.74 Å². The van der Waals surface area contributed by atoms with Crippen LogP contribution in [0.3, 0.4) is 0 Å². The molecule has 1 aromatic heterocycles. The maximum absolute atomic E-state index is 9.49. The van der Waals surface area contributed by atoms with Crippen molar-refractivity contribution in [3.63, 3.8) is 0 Å². The van der Waals surface area contributed by atoms with Gasteiger partial charge in [0, 0.05) is 4.70 Å². The normalized spacial score (nSPS) is 19.0. The summed E-state index contributed by atoms with van der Waals surface area (Å²) in [6.45, 7) is 1.46. The molecule has 0 saturated carbocycles. The molecule has 0 unspecified atom stereocenters. The van der Waals surface area contributed by atoms with Gasteiger partial charge in [-0.1, -0.05) is 18.2 Å². The molecule has 1 saturated heterocycles. The number of aliphatic hydroxyl groups excluding tert-OH is 1. The molecule has 2 aromatic rings. The van der Waals surface area contributed by atoms with Crippen LogP contribution in [0.5, 0.6) is 0 Å². The SMILES string of the molecule is OCC1(c2csc3ccccc23)COC1. The van der Waals surface area contributed by atoms with Crippen LogP contribution >= 0.6 is 11.3 Å². The zero-order valence-electron chi connectivity index (χ0n) is 8.27. The first kappa shape index (κ1) is 9.33. The van der Waals surface area contributed by atoms with Crippen molar-refractivity contribution in [2.24, 2.45) is 0 Å². The predicted octanol–water partition coefficient (Wildman–Crippen LogP) is 2.16. The first-order valence-corrected chi connectivity index (χ1v) is 5.89. The second kappa shape index (κ2) is 3.30. The number of hydrogen-bond acceptors (Lipinski definition) is 3. The van der Waals surface area contributed by atoms with Crippen molar-refractivity contribution in [3.05, 3.63) is 35.2 Å². The quantitative estimate of drug-likeness (QED) is 0.840. The molecule has 15 heavy (non-hydrogen) atoms. The number of thiophene rings is 1. The first-order chi connectivity index (χ1) is 7.36. The van der Waals surface area contributed by atoms with Crippen LogP contribution < -0.4 is 0 Å². The number of aliphatic hydroxyl groups is 1. The van der Waals surface area contributed by atoms with E-state index in [2.05, 4.69) is 17.5 Å². The van der Waals surface area contributed by atoms with Gasteiger partial charge in [-0.25, -0.2) is 0 Å². The lowest BCUT2D eigenvalue weighted by atomic mass is 9.79. The van der Waals surface area contributed by atoms with Crippen LogP contribution in [0.2, 0.25) is 0 Å². The minimum atomic E-state index is -0.139. The van der Waals surface area contributed by atoms with Gasteiger partial charge in [-0.2, -0.15) is 0 Å². The summed E-state index contributed by atoms with van der Waals surface area (Å²) >= 11 is 1.74. The molecule has 1 N–H and O–H groups in total. The minimum absolute atomic E-state index is 0.139. The highest BCUT2D eigenvalue weighted by atomic mass is 32.1. The Morgan fingerprint density at radius 3 is 2.80 bits per heavy atom. The summed E-state index contributed by atoms with van der Waals surface area (Å²) in [5.74, 6) is 0. The van der Waals surface area contributed by atoms with Gasteiger partial charge in [-0.15, -0.1) is 11.3 Å². The molecule has 0 atom stereocenters. The molecule has 2 nitrogen and oxygen atoms in total. The third-order valence-corrected chi connectivity index (χ3v) is 4.08. The van der Waals surface area contributed by atoms with Crippen LogP contribution in [0.4, 0.5) is 0 Å². The Morgan fingerprint density at radius 2 is 2.13 bits per heavy atom. The standard InChI is InChI=1S/C12H12O2S/c13-6-12(7-14-8-12)10-5-15-11-4-2-1-3-9(10)11/h1-5,13H,6-8H2. The molecule has 2 heterocycles. The van der Waals surface area contributed by atoms with Gasteiger partial charge in [-0.05, 0) is 22.4 Å². The first-order valence-electron chi connectivity index (χ1n) is 5.01. The van der Waals surface area contributed by atoms with Gasteiger partial charge in [0.1, 0.15) is 0 Å². The zero-order chi connectivity index (χ0) is 10.3. The van der Waals surface area contributed by atoms with E-state index < -0.39 is 0 Å². The lowest BCUT2D eigenvalue weighted by Gasteiger charge is -2.39. The Balaban J connectivity index is 2.18. The van der Waals surface area contributed by atoms with Crippen LogP contribution in [0.25, 0.3) is 10.1 Å². The van der Waals surface area contributed by atoms with E-state index in [1.165, 1.54) is 15.6 Å². The van der Waals surface area contributed by atoms with Crippen LogP contribution in [0.1, 0.15) is 5.56 Å². The average molecular weight is 220 g/mol. The molecular formula is C12H12O2S. The Labute approximate surface area is 92.1 Å². The van der Waals surface area contributed by atoms with Gasteiger partial charge in [-0.3, -0.25) is 0 Å². The maximum atomic E-state index is 9.49. The maximum Gasteiger partial charge on any atom is 0.0665 e. The molecule has 0 bridgehead atoms. The third kappa shape index (κ3) is 1.24. The van der Waals surface area contributed by atoms with Crippen LogP contribution in [0, 0.1) is 0 Å². The molecule has 3 rings (SSSR count). The molecule has 0 spiro atoms. The summed E-state index contributed by atoms with van der Waals surface area (Å²) in [6, 6.07) is 8.33. The van der Waals surface area contributed by atoms with Gasteiger partial charge in [0.05, 0.1) is 25.2 Å². The summed E-state index contributed by atoms with van der Waals surface area (Å²) in [5, 5.41) is 12.9. The molecule has 1 aromatic carbocycles. The number of ether oxygens (including phenoxy) is 1. The Hall–Kier alpha value is -0.900. The lowest BCUT2D eigenvalue weighted by molar-refractivity contribution is -0.0832. The molecule has 0 amide bonds. The Kier molecular flexibility index (Phi) is 2.06. The van der Waals surface area contributed by atoms with Crippen LogP contribution in [-0.2, 0) is 10.2 Å². The second-order valence-corrected chi connectivity index (χ2v) is 4.99. The summed E-state index contributed by atoms with van der Waals surface area (Å²) in [5.41, 5.74) is 1.11. The Morgan fingerprint density at radius 1 is 1.33 bits per heavy atom. The van der Waals surface area contributed by atoms with Crippen molar-refractivity contribution in [2.45, 2.75) is 5.41 Å². The molecular weight excluding hydrogens is 208 g/mol. The van der Waals surface area contributed by atoms with Crippen molar-refractivity contribution in [1.29, 1.82) is 0 Å². The van der Waals surface area contributed by atoms with Crippen molar-refractivity contribution in [1.82, 2.24) is 0 Å². The molecule has 1 aliphatic rings. The van der Waals surface area contributed by atoms with Crippen LogP contribution in [0.15, 0.2) is 29.6 Å². The third-order valence-electron chi connectivity index (χ3n) is 3.11. The van der Waals surface area contributed by atoms with Crippen molar-refractivity contribution in [2.75, 3.05) is 19.8 Å². The lowest BCUT2D eigenvalue weighted by Crippen LogP contribution is -2.49. The molecule has 3 heteroatoms. The minimum Gasteiger partial charge on any atom is -0.395 e. The fourth-order valence-electron chi connectivity index (χ4n) is 2.07. The van der Waals surface area contributed by atoms with E-state index in [0.29, 0.717) is 13.2 Å². The fourth-order valence-corrected chi connectivity index (χ4v) is 3.15. The largest absolute Gasteiger partial charge is 0.395 e. The molecule has 1 fully saturated rings. The van der Waals surface area contributed by atoms with Gasteiger partial charge in [0.25, 0.3) is 0 Å². The highest BCUT2D eigenvalue weighted by molar-refractivity contribution is 7.17. The predicted molar refractivity (Wildman–Crippen MR) is 61.4 cm³/mol. The topological polar surface area (TPSA) is 29.5 Å². The number of fused-ring (bicyclic) bond motifs is 1.